The monoisotopic (exact) mass is 380 g/mol. The van der Waals surface area contributed by atoms with Crippen LogP contribution in [0.15, 0.2) is 0 Å². The molecule has 2 heteroatoms. The average molecular weight is 381 g/mol. The van der Waals surface area contributed by atoms with E-state index in [4.69, 9.17) is 0 Å². The molecule has 0 heterocycles. The molecule has 0 N–H and O–H groups in total. The Morgan fingerprint density at radius 2 is 0.929 bits per heavy atom. The Morgan fingerprint density at radius 3 is 1.61 bits per heavy atom. The standard InChI is InChI=1S/C26H36O2/c27-20-12-19-14-7-2-3-8-15(14)22-18-11-5-10-16-13-6-1-4-9-17(13)23(21(16)18)25(24(19)22)26(20)28/h13-19,21-25H,1-12H2. The van der Waals surface area contributed by atoms with E-state index in [1.807, 2.05) is 0 Å². The van der Waals surface area contributed by atoms with Crippen LogP contribution in [0.1, 0.15) is 77.0 Å². The molecule has 7 rings (SSSR count). The van der Waals surface area contributed by atoms with Crippen LogP contribution in [0, 0.1) is 71.0 Å². The van der Waals surface area contributed by atoms with Gasteiger partial charge in [0.1, 0.15) is 0 Å². The average Bonchev–Trinajstić information content (AvgIpc) is 3.24. The molecule has 0 aromatic carbocycles. The number of Topliss-reactive ketones (excluding diaryl/α,β-unsaturated/α-hetero) is 2. The van der Waals surface area contributed by atoms with Crippen LogP contribution in [0.2, 0.25) is 0 Å². The number of ketones is 2. The smallest absolute Gasteiger partial charge is 0.202 e. The van der Waals surface area contributed by atoms with Gasteiger partial charge in [-0.1, -0.05) is 32.1 Å². The molecule has 12 unspecified atom stereocenters. The second-order valence-electron chi connectivity index (χ2n) is 12.0. The molecule has 7 aliphatic carbocycles. The van der Waals surface area contributed by atoms with Crippen LogP contribution in [0.3, 0.4) is 0 Å². The highest BCUT2D eigenvalue weighted by Crippen LogP contribution is 2.73. The Bertz CT molecular complexity index is 711. The van der Waals surface area contributed by atoms with E-state index in [0.29, 0.717) is 24.2 Å². The van der Waals surface area contributed by atoms with E-state index >= 15 is 0 Å². The Kier molecular flexibility index (Phi) is 3.62. The summed E-state index contributed by atoms with van der Waals surface area (Å²) in [6.45, 7) is 0. The number of hydrogen-bond donors (Lipinski definition) is 0. The highest BCUT2D eigenvalue weighted by molar-refractivity contribution is 6.38. The molecule has 0 spiro atoms. The molecule has 7 fully saturated rings. The maximum Gasteiger partial charge on any atom is 0.202 e. The fraction of sp³-hybridized carbons (Fsp3) is 0.923. The summed E-state index contributed by atoms with van der Waals surface area (Å²) in [6, 6.07) is 0. The number of carbonyl (C=O) groups is 2. The van der Waals surface area contributed by atoms with Crippen LogP contribution in [0.4, 0.5) is 0 Å². The van der Waals surface area contributed by atoms with Crippen molar-refractivity contribution in [2.24, 2.45) is 71.0 Å². The minimum atomic E-state index is 0.0429. The fourth-order valence-corrected chi connectivity index (χ4v) is 11.4. The minimum absolute atomic E-state index is 0.0429. The highest BCUT2D eigenvalue weighted by atomic mass is 16.2. The number of rotatable bonds is 0. The van der Waals surface area contributed by atoms with E-state index in [1.165, 1.54) is 70.6 Å². The molecule has 0 bridgehead atoms. The van der Waals surface area contributed by atoms with Crippen molar-refractivity contribution in [2.75, 3.05) is 0 Å². The summed E-state index contributed by atoms with van der Waals surface area (Å²) in [6.07, 6.45) is 16.1. The number of carbonyl (C=O) groups excluding carboxylic acids is 2. The van der Waals surface area contributed by atoms with Crippen molar-refractivity contribution >= 4 is 11.6 Å². The largest absolute Gasteiger partial charge is 0.291 e. The van der Waals surface area contributed by atoms with Gasteiger partial charge < -0.3 is 0 Å². The first-order chi connectivity index (χ1) is 13.8. The van der Waals surface area contributed by atoms with Crippen LogP contribution in [-0.4, -0.2) is 11.6 Å². The molecule has 0 aliphatic heterocycles. The van der Waals surface area contributed by atoms with E-state index in [-0.39, 0.29) is 17.5 Å². The molecule has 2 nitrogen and oxygen atoms in total. The summed E-state index contributed by atoms with van der Waals surface area (Å²) in [7, 11) is 0. The van der Waals surface area contributed by atoms with Gasteiger partial charge in [-0.05, 0) is 104 Å². The quantitative estimate of drug-likeness (QED) is 0.535. The van der Waals surface area contributed by atoms with Gasteiger partial charge in [-0.15, -0.1) is 0 Å². The Balaban J connectivity index is 1.39. The van der Waals surface area contributed by atoms with Crippen molar-refractivity contribution in [2.45, 2.75) is 77.0 Å². The first-order valence-electron chi connectivity index (χ1n) is 12.8. The molecule has 12 atom stereocenters. The summed E-state index contributed by atoms with van der Waals surface area (Å²) < 4.78 is 0. The third-order valence-electron chi connectivity index (χ3n) is 11.6. The van der Waals surface area contributed by atoms with Gasteiger partial charge >= 0.3 is 0 Å². The first kappa shape index (κ1) is 17.1. The summed E-state index contributed by atoms with van der Waals surface area (Å²) in [5.41, 5.74) is 0. The molecule has 0 radical (unpaired) electrons. The number of hydrogen-bond acceptors (Lipinski definition) is 2. The molecule has 28 heavy (non-hydrogen) atoms. The normalized spacial score (nSPS) is 59.3. The lowest BCUT2D eigenvalue weighted by Crippen LogP contribution is -2.55. The topological polar surface area (TPSA) is 34.1 Å². The molecule has 7 saturated carbocycles. The van der Waals surface area contributed by atoms with Crippen LogP contribution in [0.5, 0.6) is 0 Å². The maximum atomic E-state index is 13.5. The van der Waals surface area contributed by atoms with Crippen molar-refractivity contribution in [3.05, 3.63) is 0 Å². The third-order valence-corrected chi connectivity index (χ3v) is 11.6. The second kappa shape index (κ2) is 5.94. The first-order valence-corrected chi connectivity index (χ1v) is 12.8. The molecule has 0 aromatic rings. The Labute approximate surface area is 169 Å². The van der Waals surface area contributed by atoms with E-state index in [0.717, 1.165) is 47.3 Å². The maximum absolute atomic E-state index is 13.5. The van der Waals surface area contributed by atoms with Gasteiger partial charge in [0, 0.05) is 12.3 Å². The van der Waals surface area contributed by atoms with Crippen molar-refractivity contribution in [3.63, 3.8) is 0 Å². The van der Waals surface area contributed by atoms with E-state index < -0.39 is 0 Å². The molecule has 0 amide bonds. The van der Waals surface area contributed by atoms with Gasteiger partial charge in [-0.25, -0.2) is 0 Å². The summed E-state index contributed by atoms with van der Waals surface area (Å²) in [4.78, 5) is 26.4. The van der Waals surface area contributed by atoms with E-state index in [1.54, 1.807) is 0 Å². The predicted octanol–water partition coefficient (Wildman–Crippen LogP) is 5.30. The second-order valence-corrected chi connectivity index (χ2v) is 12.0. The lowest BCUT2D eigenvalue weighted by molar-refractivity contribution is -0.155. The lowest BCUT2D eigenvalue weighted by atomic mass is 9.49. The Morgan fingerprint density at radius 1 is 0.464 bits per heavy atom. The van der Waals surface area contributed by atoms with E-state index in [9.17, 15) is 9.59 Å². The van der Waals surface area contributed by atoms with Crippen molar-refractivity contribution in [1.29, 1.82) is 0 Å². The van der Waals surface area contributed by atoms with Crippen molar-refractivity contribution in [3.8, 4) is 0 Å². The van der Waals surface area contributed by atoms with Gasteiger partial charge in [-0.3, -0.25) is 9.59 Å². The predicted molar refractivity (Wildman–Crippen MR) is 107 cm³/mol. The molecular formula is C26H36O2. The summed E-state index contributed by atoms with van der Waals surface area (Å²) in [5, 5.41) is 0. The van der Waals surface area contributed by atoms with Gasteiger partial charge in [-0.2, -0.15) is 0 Å². The van der Waals surface area contributed by atoms with Crippen LogP contribution in [0.25, 0.3) is 0 Å². The van der Waals surface area contributed by atoms with Gasteiger partial charge in [0.15, 0.2) is 5.78 Å². The summed E-state index contributed by atoms with van der Waals surface area (Å²) in [5.74, 6) is 8.84. The number of fused-ring (bicyclic) bond motifs is 8. The zero-order chi connectivity index (χ0) is 18.6. The van der Waals surface area contributed by atoms with Crippen molar-refractivity contribution < 1.29 is 9.59 Å². The van der Waals surface area contributed by atoms with E-state index in [2.05, 4.69) is 0 Å². The molecule has 152 valence electrons. The van der Waals surface area contributed by atoms with Crippen LogP contribution < -0.4 is 0 Å². The molecule has 7 aliphatic rings. The van der Waals surface area contributed by atoms with Crippen molar-refractivity contribution in [1.82, 2.24) is 0 Å². The molecular weight excluding hydrogens is 344 g/mol. The van der Waals surface area contributed by atoms with Crippen LogP contribution >= 0.6 is 0 Å². The van der Waals surface area contributed by atoms with Crippen LogP contribution in [-0.2, 0) is 9.59 Å². The molecule has 0 saturated heterocycles. The fourth-order valence-electron chi connectivity index (χ4n) is 11.4. The Hall–Kier alpha value is -0.660. The van der Waals surface area contributed by atoms with Gasteiger partial charge in [0.2, 0.25) is 5.78 Å². The zero-order valence-corrected chi connectivity index (χ0v) is 17.2. The van der Waals surface area contributed by atoms with Gasteiger partial charge in [0.05, 0.1) is 0 Å². The van der Waals surface area contributed by atoms with Gasteiger partial charge in [0.25, 0.3) is 0 Å². The third kappa shape index (κ3) is 1.97. The molecule has 0 aromatic heterocycles. The lowest BCUT2D eigenvalue weighted by Gasteiger charge is -2.54. The summed E-state index contributed by atoms with van der Waals surface area (Å²) >= 11 is 0. The minimum Gasteiger partial charge on any atom is -0.291 e. The highest BCUT2D eigenvalue weighted by Gasteiger charge is 2.70. The zero-order valence-electron chi connectivity index (χ0n) is 17.2. The SMILES string of the molecule is O=C1CC2C3CCCCC3C3C4CCCC5C6CCCCC6C(C(C1=O)C23)C54.